The average Bonchev–Trinajstić information content (AvgIpc) is 3.63. The minimum absolute atomic E-state index is 0.0673. The Hall–Kier alpha value is -3.78. The molecule has 1 aliphatic rings. The number of anilines is 1. The molecule has 4 heterocycles. The van der Waals surface area contributed by atoms with Gasteiger partial charge in [0.2, 0.25) is 0 Å². The molecular formula is C26H23ClN4O7S2. The highest BCUT2D eigenvalue weighted by Gasteiger charge is 2.23. The van der Waals surface area contributed by atoms with Crippen LogP contribution in [0.25, 0.3) is 0 Å². The number of nitrogens with one attached hydrogen (secondary N) is 2. The number of ether oxygens (including phenoxy) is 1. The first-order chi connectivity index (χ1) is 19.2. The molecule has 0 spiro atoms. The lowest BCUT2D eigenvalue weighted by Gasteiger charge is -2.20. The molecule has 40 heavy (non-hydrogen) atoms. The molecule has 1 aliphatic heterocycles. The van der Waals surface area contributed by atoms with Crippen molar-refractivity contribution < 1.29 is 28.0 Å². The molecule has 0 bridgehead atoms. The average molecular weight is 603 g/mol. The molecule has 0 unspecified atom stereocenters. The van der Waals surface area contributed by atoms with Crippen LogP contribution in [0.3, 0.4) is 0 Å². The number of thiazole rings is 1. The summed E-state index contributed by atoms with van der Waals surface area (Å²) in [6, 6.07) is 7.84. The van der Waals surface area contributed by atoms with E-state index in [4.69, 9.17) is 25.2 Å². The van der Waals surface area contributed by atoms with E-state index in [-0.39, 0.29) is 36.1 Å². The zero-order valence-electron chi connectivity index (χ0n) is 21.4. The monoisotopic (exact) mass is 602 g/mol. The molecule has 3 aromatic heterocycles. The van der Waals surface area contributed by atoms with E-state index >= 15 is 0 Å². The van der Waals surface area contributed by atoms with Crippen LogP contribution in [0, 0.1) is 6.92 Å². The zero-order chi connectivity index (χ0) is 28.4. The van der Waals surface area contributed by atoms with Gasteiger partial charge in [-0.25, -0.2) is 14.6 Å². The smallest absolute Gasteiger partial charge is 0.454 e. The number of rotatable bonds is 8. The van der Waals surface area contributed by atoms with Gasteiger partial charge in [0.25, 0.3) is 11.8 Å². The van der Waals surface area contributed by atoms with Gasteiger partial charge in [-0.2, -0.15) is 0 Å². The highest BCUT2D eigenvalue weighted by Crippen LogP contribution is 2.27. The van der Waals surface area contributed by atoms with Crippen molar-refractivity contribution in [1.82, 2.24) is 15.2 Å². The molecule has 0 saturated carbocycles. The Morgan fingerprint density at radius 1 is 1.15 bits per heavy atom. The minimum atomic E-state index is -0.889. The maximum atomic E-state index is 13.2. The van der Waals surface area contributed by atoms with Crippen LogP contribution in [0.5, 0.6) is 0 Å². The van der Waals surface area contributed by atoms with E-state index in [9.17, 15) is 19.2 Å². The summed E-state index contributed by atoms with van der Waals surface area (Å²) in [6.07, 6.45) is 0.761. The van der Waals surface area contributed by atoms with Crippen LogP contribution < -0.4 is 16.5 Å². The number of hydrogen-bond acceptors (Lipinski definition) is 11. The standard InChI is InChI=1S/C26H23ClN4O7S2/c1-13-18(38-26(35)37-13)12-36-25(34)14-3-4-15(10-28-22(32)19-5-6-21(27)39-19)17(9-14)29-23(33)24-30-16-7-8-31(2)11-20(16)40-24/h3-6,9H,7-8,10-12H2,1-2H3,(H,28,32)(H,29,33). The number of fused-ring (bicyclic) bond motifs is 1. The number of hydrogen-bond donors (Lipinski definition) is 2. The van der Waals surface area contributed by atoms with Gasteiger partial charge < -0.3 is 29.1 Å². The third-order valence-electron chi connectivity index (χ3n) is 6.12. The Kier molecular flexibility index (Phi) is 8.17. The van der Waals surface area contributed by atoms with Gasteiger partial charge >= 0.3 is 11.8 Å². The molecular weight excluding hydrogens is 580 g/mol. The normalized spacial score (nSPS) is 13.1. The Morgan fingerprint density at radius 2 is 1.98 bits per heavy atom. The molecule has 1 aromatic carbocycles. The zero-order valence-corrected chi connectivity index (χ0v) is 23.8. The second kappa shape index (κ2) is 11.8. The number of benzene rings is 1. The van der Waals surface area contributed by atoms with Crippen molar-refractivity contribution in [2.75, 3.05) is 18.9 Å². The van der Waals surface area contributed by atoms with Crippen LogP contribution in [0.1, 0.15) is 57.5 Å². The van der Waals surface area contributed by atoms with E-state index < -0.39 is 17.7 Å². The first kappa shape index (κ1) is 27.8. The summed E-state index contributed by atoms with van der Waals surface area (Å²) in [5, 5.41) is 5.95. The van der Waals surface area contributed by atoms with Crippen LogP contribution in [-0.2, 0) is 30.9 Å². The second-order valence-corrected chi connectivity index (χ2v) is 11.8. The van der Waals surface area contributed by atoms with Crippen molar-refractivity contribution in [2.24, 2.45) is 0 Å². The first-order valence-electron chi connectivity index (χ1n) is 12.1. The summed E-state index contributed by atoms with van der Waals surface area (Å²) in [4.78, 5) is 58.0. The Morgan fingerprint density at radius 3 is 2.70 bits per heavy atom. The third-order valence-corrected chi connectivity index (χ3v) is 8.43. The van der Waals surface area contributed by atoms with E-state index in [0.29, 0.717) is 25.5 Å². The van der Waals surface area contributed by atoms with Crippen molar-refractivity contribution in [3.8, 4) is 0 Å². The maximum Gasteiger partial charge on any atom is 0.519 e. The van der Waals surface area contributed by atoms with E-state index in [1.54, 1.807) is 18.2 Å². The number of aromatic nitrogens is 1. The fraction of sp³-hybridized carbons (Fsp3) is 0.269. The Labute approximate surface area is 240 Å². The van der Waals surface area contributed by atoms with Crippen molar-refractivity contribution in [3.05, 3.63) is 88.4 Å². The van der Waals surface area contributed by atoms with Gasteiger partial charge in [0.15, 0.2) is 23.1 Å². The predicted molar refractivity (Wildman–Crippen MR) is 148 cm³/mol. The number of likely N-dealkylation sites (N-methyl/N-ethyl adjacent to an activating group) is 1. The summed E-state index contributed by atoms with van der Waals surface area (Å²) >= 11 is 8.42. The molecule has 0 saturated heterocycles. The van der Waals surface area contributed by atoms with Gasteiger partial charge in [0.05, 0.1) is 20.5 Å². The van der Waals surface area contributed by atoms with Crippen molar-refractivity contribution in [2.45, 2.75) is 33.0 Å². The lowest BCUT2D eigenvalue weighted by atomic mass is 10.1. The highest BCUT2D eigenvalue weighted by atomic mass is 35.5. The molecule has 208 valence electrons. The molecule has 5 rings (SSSR count). The quantitative estimate of drug-likeness (QED) is 0.283. The third kappa shape index (κ3) is 6.33. The Bertz CT molecular complexity index is 1650. The molecule has 11 nitrogen and oxygen atoms in total. The fourth-order valence-corrected chi connectivity index (χ4v) is 6.03. The van der Waals surface area contributed by atoms with Gasteiger partial charge in [-0.15, -0.1) is 22.7 Å². The lowest BCUT2D eigenvalue weighted by Crippen LogP contribution is -2.25. The molecule has 0 fully saturated rings. The molecule has 14 heteroatoms. The molecule has 2 N–H and O–H groups in total. The SMILES string of the molecule is Cc1oc(=O)oc1COC(=O)c1ccc(CNC(=O)c2ccc(Cl)s2)c(NC(=O)c2nc3c(s2)CN(C)CC3)c1. The van der Waals surface area contributed by atoms with Crippen molar-refractivity contribution >= 4 is 57.7 Å². The van der Waals surface area contributed by atoms with Crippen LogP contribution in [0.2, 0.25) is 4.34 Å². The highest BCUT2D eigenvalue weighted by molar-refractivity contribution is 7.18. The van der Waals surface area contributed by atoms with Crippen LogP contribution >= 0.6 is 34.3 Å². The van der Waals surface area contributed by atoms with Gasteiger partial charge in [-0.3, -0.25) is 9.59 Å². The maximum absolute atomic E-state index is 13.2. The number of halogens is 1. The van der Waals surface area contributed by atoms with E-state index in [1.165, 1.54) is 30.4 Å². The van der Waals surface area contributed by atoms with Gasteiger partial charge in [-0.1, -0.05) is 17.7 Å². The van der Waals surface area contributed by atoms with Crippen LogP contribution in [0.4, 0.5) is 5.69 Å². The van der Waals surface area contributed by atoms with E-state index in [1.807, 2.05) is 7.05 Å². The van der Waals surface area contributed by atoms with Crippen LogP contribution in [-0.4, -0.2) is 41.3 Å². The van der Waals surface area contributed by atoms with Gasteiger partial charge in [0.1, 0.15) is 0 Å². The summed E-state index contributed by atoms with van der Waals surface area (Å²) in [7, 11) is 2.01. The van der Waals surface area contributed by atoms with Gasteiger partial charge in [0, 0.05) is 36.6 Å². The number of nitrogens with zero attached hydrogens (tertiary/aromatic N) is 2. The summed E-state index contributed by atoms with van der Waals surface area (Å²) in [5.74, 6) is -2.05. The predicted octanol–water partition coefficient (Wildman–Crippen LogP) is 4.24. The second-order valence-electron chi connectivity index (χ2n) is 9.00. The minimum Gasteiger partial charge on any atom is -0.454 e. The molecule has 0 atom stereocenters. The first-order valence-corrected chi connectivity index (χ1v) is 14.1. The fourth-order valence-electron chi connectivity index (χ4n) is 3.99. The number of carbonyl (C=O) groups is 3. The number of carbonyl (C=O) groups excluding carboxylic acids is 3. The lowest BCUT2D eigenvalue weighted by molar-refractivity contribution is 0.0442. The summed E-state index contributed by atoms with van der Waals surface area (Å²) < 4.78 is 15.4. The van der Waals surface area contributed by atoms with Crippen LogP contribution in [0.15, 0.2) is 44.0 Å². The number of aryl methyl sites for hydroxylation is 1. The molecule has 4 aromatic rings. The largest absolute Gasteiger partial charge is 0.519 e. The molecule has 0 aliphatic carbocycles. The topological polar surface area (TPSA) is 144 Å². The Balaban J connectivity index is 1.36. The van der Waals surface area contributed by atoms with Crippen molar-refractivity contribution in [3.63, 3.8) is 0 Å². The molecule has 0 radical (unpaired) electrons. The number of thiophene rings is 1. The number of esters is 1. The van der Waals surface area contributed by atoms with E-state index in [0.717, 1.165) is 41.4 Å². The van der Waals surface area contributed by atoms with E-state index in [2.05, 4.69) is 20.5 Å². The van der Waals surface area contributed by atoms with Crippen molar-refractivity contribution in [1.29, 1.82) is 0 Å². The summed E-state index contributed by atoms with van der Waals surface area (Å²) in [5.41, 5.74) is 1.91. The van der Waals surface area contributed by atoms with Gasteiger partial charge in [-0.05, 0) is 43.8 Å². The molecule has 2 amide bonds. The number of amides is 2. The summed E-state index contributed by atoms with van der Waals surface area (Å²) in [6.45, 7) is 2.87.